The summed E-state index contributed by atoms with van der Waals surface area (Å²) in [6, 6.07) is 0. The summed E-state index contributed by atoms with van der Waals surface area (Å²) >= 11 is 0. The number of carbonyl (C=O) groups excluding carboxylic acids is 1. The Kier molecular flexibility index (Phi) is 9.80. The van der Waals surface area contributed by atoms with Crippen LogP contribution >= 0.6 is 0 Å². The summed E-state index contributed by atoms with van der Waals surface area (Å²) in [6.07, 6.45) is 0. The van der Waals surface area contributed by atoms with Crippen LogP contribution in [0.2, 0.25) is 0 Å². The maximum Gasteiger partial charge on any atom is 0.302 e. The zero-order valence-electron chi connectivity index (χ0n) is 7.02. The topological polar surface area (TPSA) is 26.3 Å². The molecule has 0 saturated carbocycles. The normalized spacial score (nSPS) is 8.00. The van der Waals surface area contributed by atoms with Gasteiger partial charge in [-0.05, 0) is 5.92 Å². The number of hydrogen-bond donors (Lipinski definition) is 0. The van der Waals surface area contributed by atoms with Gasteiger partial charge in [0.1, 0.15) is 0 Å². The van der Waals surface area contributed by atoms with E-state index < -0.39 is 0 Å². The van der Waals surface area contributed by atoms with E-state index in [1.807, 2.05) is 13.8 Å². The fourth-order valence-electron chi connectivity index (χ4n) is 0.284. The molecule has 0 bridgehead atoms. The second kappa shape index (κ2) is 8.21. The Balaban J connectivity index is 0. The van der Waals surface area contributed by atoms with Crippen molar-refractivity contribution in [1.82, 2.24) is 0 Å². The van der Waals surface area contributed by atoms with Crippen LogP contribution in [0.4, 0.5) is 0 Å². The summed E-state index contributed by atoms with van der Waals surface area (Å²) in [7, 11) is 0. The lowest BCUT2D eigenvalue weighted by atomic mass is 10.2. The van der Waals surface area contributed by atoms with Crippen molar-refractivity contribution in [2.45, 2.75) is 20.8 Å². The molecule has 0 spiro atoms. The molecule has 0 amide bonds. The van der Waals surface area contributed by atoms with Gasteiger partial charge < -0.3 is 4.74 Å². The molecular formula is C8H16O2. The Morgan fingerprint density at radius 1 is 1.50 bits per heavy atom. The second-order valence-corrected chi connectivity index (χ2v) is 2.20. The largest absolute Gasteiger partial charge is 0.466 e. The Labute approximate surface area is 62.9 Å². The van der Waals surface area contributed by atoms with Crippen molar-refractivity contribution in [3.05, 3.63) is 13.2 Å². The highest BCUT2D eigenvalue weighted by Gasteiger charge is 1.94. The predicted molar refractivity (Wildman–Crippen MR) is 42.7 cm³/mol. The van der Waals surface area contributed by atoms with E-state index in [0.29, 0.717) is 12.5 Å². The fraction of sp³-hybridized carbons (Fsp3) is 0.625. The molecule has 0 saturated heterocycles. The van der Waals surface area contributed by atoms with E-state index in [2.05, 4.69) is 17.9 Å². The van der Waals surface area contributed by atoms with Gasteiger partial charge in [-0.25, -0.2) is 0 Å². The second-order valence-electron chi connectivity index (χ2n) is 2.20. The molecule has 0 aromatic rings. The molecule has 0 rings (SSSR count). The molecule has 0 heterocycles. The quantitative estimate of drug-likeness (QED) is 0.437. The lowest BCUT2D eigenvalue weighted by Gasteiger charge is -2.02. The first-order valence-corrected chi connectivity index (χ1v) is 3.26. The van der Waals surface area contributed by atoms with Crippen LogP contribution in [-0.2, 0) is 9.53 Å². The first-order chi connectivity index (χ1) is 4.63. The van der Waals surface area contributed by atoms with Crippen LogP contribution in [-0.4, -0.2) is 12.6 Å². The Morgan fingerprint density at radius 3 is 2.00 bits per heavy atom. The molecule has 0 aliphatic rings. The molecule has 0 radical (unpaired) electrons. The molecule has 0 aliphatic carbocycles. The Bertz CT molecular complexity index is 87.3. The Hall–Kier alpha value is -0.790. The molecule has 0 atom stereocenters. The lowest BCUT2D eigenvalue weighted by Crippen LogP contribution is -2.05. The summed E-state index contributed by atoms with van der Waals surface area (Å²) in [5.74, 6) is 0.248. The van der Waals surface area contributed by atoms with Crippen LogP contribution in [0.15, 0.2) is 13.2 Å². The minimum Gasteiger partial charge on any atom is -0.466 e. The summed E-state index contributed by atoms with van der Waals surface area (Å²) in [5, 5.41) is 0. The van der Waals surface area contributed by atoms with E-state index in [9.17, 15) is 4.79 Å². The van der Waals surface area contributed by atoms with E-state index in [0.717, 1.165) is 0 Å². The molecule has 0 unspecified atom stereocenters. The van der Waals surface area contributed by atoms with Gasteiger partial charge in [0.05, 0.1) is 6.61 Å². The molecular weight excluding hydrogens is 128 g/mol. The molecule has 2 nitrogen and oxygen atoms in total. The molecule has 60 valence electrons. The number of ether oxygens (including phenoxy) is 1. The van der Waals surface area contributed by atoms with Crippen LogP contribution in [0.25, 0.3) is 0 Å². The van der Waals surface area contributed by atoms with Gasteiger partial charge in [-0.2, -0.15) is 0 Å². The molecule has 0 aromatic heterocycles. The highest BCUT2D eigenvalue weighted by Crippen LogP contribution is 1.91. The van der Waals surface area contributed by atoms with Gasteiger partial charge in [0.2, 0.25) is 0 Å². The summed E-state index contributed by atoms with van der Waals surface area (Å²) < 4.78 is 4.66. The van der Waals surface area contributed by atoms with E-state index in [1.165, 1.54) is 6.92 Å². The average Bonchev–Trinajstić information content (AvgIpc) is 1.89. The van der Waals surface area contributed by atoms with Crippen LogP contribution in [0.5, 0.6) is 0 Å². The first-order valence-electron chi connectivity index (χ1n) is 3.26. The van der Waals surface area contributed by atoms with Crippen molar-refractivity contribution in [3.63, 3.8) is 0 Å². The van der Waals surface area contributed by atoms with Gasteiger partial charge in [0.25, 0.3) is 0 Å². The fourth-order valence-corrected chi connectivity index (χ4v) is 0.284. The molecule has 10 heavy (non-hydrogen) atoms. The molecule has 2 heteroatoms. The minimum atomic E-state index is -0.196. The van der Waals surface area contributed by atoms with Crippen molar-refractivity contribution < 1.29 is 9.53 Å². The van der Waals surface area contributed by atoms with Crippen LogP contribution in [0, 0.1) is 5.92 Å². The number of carbonyl (C=O) groups is 1. The van der Waals surface area contributed by atoms with E-state index in [-0.39, 0.29) is 5.97 Å². The minimum absolute atomic E-state index is 0.196. The lowest BCUT2D eigenvalue weighted by molar-refractivity contribution is -0.141. The average molecular weight is 144 g/mol. The van der Waals surface area contributed by atoms with Crippen LogP contribution < -0.4 is 0 Å². The zero-order chi connectivity index (χ0) is 8.57. The van der Waals surface area contributed by atoms with Gasteiger partial charge in [0, 0.05) is 6.92 Å². The maximum absolute atomic E-state index is 10.1. The van der Waals surface area contributed by atoms with E-state index >= 15 is 0 Å². The standard InChI is InChI=1S/C6H12O2.C2H4/c1-5(2)4-8-6(3)7;1-2/h5H,4H2,1-3H3;1-2H2. The summed E-state index contributed by atoms with van der Waals surface area (Å²) in [6.45, 7) is 12.0. The number of hydrogen-bond acceptors (Lipinski definition) is 2. The van der Waals surface area contributed by atoms with Gasteiger partial charge in [-0.1, -0.05) is 13.8 Å². The zero-order valence-corrected chi connectivity index (χ0v) is 7.02. The van der Waals surface area contributed by atoms with Gasteiger partial charge >= 0.3 is 5.97 Å². The maximum atomic E-state index is 10.1. The van der Waals surface area contributed by atoms with E-state index in [1.54, 1.807) is 0 Å². The number of rotatable bonds is 2. The van der Waals surface area contributed by atoms with Crippen LogP contribution in [0.3, 0.4) is 0 Å². The predicted octanol–water partition coefficient (Wildman–Crippen LogP) is 2.01. The highest BCUT2D eigenvalue weighted by molar-refractivity contribution is 5.65. The third kappa shape index (κ3) is 15.7. The summed E-state index contributed by atoms with van der Waals surface area (Å²) in [4.78, 5) is 10.1. The van der Waals surface area contributed by atoms with Crippen molar-refractivity contribution in [3.8, 4) is 0 Å². The molecule has 0 aliphatic heterocycles. The summed E-state index contributed by atoms with van der Waals surface area (Å²) in [5.41, 5.74) is 0. The number of esters is 1. The third-order valence-corrected chi connectivity index (χ3v) is 0.620. The highest BCUT2D eigenvalue weighted by atomic mass is 16.5. The van der Waals surface area contributed by atoms with Gasteiger partial charge in [-0.3, -0.25) is 4.79 Å². The molecule has 0 N–H and O–H groups in total. The van der Waals surface area contributed by atoms with Crippen LogP contribution in [0.1, 0.15) is 20.8 Å². The monoisotopic (exact) mass is 144 g/mol. The molecule has 0 aromatic carbocycles. The van der Waals surface area contributed by atoms with Crippen molar-refractivity contribution in [2.75, 3.05) is 6.61 Å². The van der Waals surface area contributed by atoms with Gasteiger partial charge in [0.15, 0.2) is 0 Å². The van der Waals surface area contributed by atoms with Gasteiger partial charge in [-0.15, -0.1) is 13.2 Å². The van der Waals surface area contributed by atoms with Crippen molar-refractivity contribution in [1.29, 1.82) is 0 Å². The third-order valence-electron chi connectivity index (χ3n) is 0.620. The van der Waals surface area contributed by atoms with Crippen molar-refractivity contribution in [2.24, 2.45) is 5.92 Å². The Morgan fingerprint density at radius 2 is 1.90 bits per heavy atom. The molecule has 0 fully saturated rings. The SMILES string of the molecule is C=C.CC(=O)OCC(C)C. The first kappa shape index (κ1) is 11.9. The van der Waals surface area contributed by atoms with E-state index in [4.69, 9.17) is 0 Å². The smallest absolute Gasteiger partial charge is 0.302 e. The van der Waals surface area contributed by atoms with Crippen molar-refractivity contribution >= 4 is 5.97 Å².